The molecule has 226 valence electrons. The van der Waals surface area contributed by atoms with Gasteiger partial charge >= 0.3 is 0 Å². The standard InChI is InChI=1S/C33H41N7O3/c1-5-43-30-18-22(32(41)40-17-14-24(21-40)35-23-12-15-37(2)16-13-23)10-11-26(30)36-31-19-28-29(20-34-31)39(4)33(42)25-8-6-7-9-27(25)38(28)3/h6-11,18-20,23-24,35H,5,12-17,21H2,1-4H3,(H,34,36)/t24-/m0/s1. The lowest BCUT2D eigenvalue weighted by Crippen LogP contribution is -2.46. The molecule has 3 aliphatic heterocycles. The van der Waals surface area contributed by atoms with Gasteiger partial charge in [0.2, 0.25) is 0 Å². The predicted octanol–water partition coefficient (Wildman–Crippen LogP) is 4.48. The first-order valence-corrected chi connectivity index (χ1v) is 15.2. The van der Waals surface area contributed by atoms with Crippen LogP contribution in [0.15, 0.2) is 54.7 Å². The van der Waals surface area contributed by atoms with Gasteiger partial charge in [0.25, 0.3) is 11.8 Å². The summed E-state index contributed by atoms with van der Waals surface area (Å²) in [5.74, 6) is 1.14. The topological polar surface area (TPSA) is 93.3 Å². The van der Waals surface area contributed by atoms with Crippen molar-refractivity contribution in [2.75, 3.05) is 69.0 Å². The summed E-state index contributed by atoms with van der Waals surface area (Å²) in [6.45, 7) is 6.11. The number of pyridine rings is 1. The number of carbonyl (C=O) groups is 2. The average molecular weight is 584 g/mol. The van der Waals surface area contributed by atoms with Crippen LogP contribution in [-0.4, -0.2) is 92.6 Å². The molecule has 1 aromatic heterocycles. The molecule has 4 heterocycles. The monoisotopic (exact) mass is 583 g/mol. The number of nitrogens with one attached hydrogen (secondary N) is 2. The van der Waals surface area contributed by atoms with Gasteiger partial charge in [0.15, 0.2) is 0 Å². The molecule has 6 rings (SSSR count). The lowest BCUT2D eigenvalue weighted by Gasteiger charge is -2.31. The van der Waals surface area contributed by atoms with Crippen molar-refractivity contribution in [3.8, 4) is 5.75 Å². The van der Waals surface area contributed by atoms with Gasteiger partial charge in [0, 0.05) is 50.9 Å². The zero-order valence-corrected chi connectivity index (χ0v) is 25.5. The summed E-state index contributed by atoms with van der Waals surface area (Å²) in [6.07, 6.45) is 4.99. The minimum absolute atomic E-state index is 0.0244. The zero-order valence-electron chi connectivity index (χ0n) is 25.5. The van der Waals surface area contributed by atoms with E-state index in [-0.39, 0.29) is 11.8 Å². The van der Waals surface area contributed by atoms with Gasteiger partial charge < -0.3 is 35.0 Å². The molecule has 0 bridgehead atoms. The largest absolute Gasteiger partial charge is 0.492 e. The fourth-order valence-corrected chi connectivity index (χ4v) is 6.34. The zero-order chi connectivity index (χ0) is 30.1. The molecule has 2 saturated heterocycles. The first kappa shape index (κ1) is 28.9. The van der Waals surface area contributed by atoms with Gasteiger partial charge in [-0.1, -0.05) is 12.1 Å². The molecule has 0 saturated carbocycles. The number of aromatic nitrogens is 1. The van der Waals surface area contributed by atoms with Gasteiger partial charge in [-0.2, -0.15) is 0 Å². The predicted molar refractivity (Wildman–Crippen MR) is 170 cm³/mol. The maximum atomic E-state index is 13.5. The summed E-state index contributed by atoms with van der Waals surface area (Å²) < 4.78 is 5.98. The molecule has 2 N–H and O–H groups in total. The highest BCUT2D eigenvalue weighted by Crippen LogP contribution is 2.40. The number of rotatable bonds is 7. The Morgan fingerprint density at radius 1 is 0.930 bits per heavy atom. The van der Waals surface area contributed by atoms with Gasteiger partial charge in [-0.25, -0.2) is 4.98 Å². The van der Waals surface area contributed by atoms with Crippen molar-refractivity contribution < 1.29 is 14.3 Å². The fourth-order valence-electron chi connectivity index (χ4n) is 6.34. The Morgan fingerprint density at radius 2 is 1.70 bits per heavy atom. The number of hydrogen-bond donors (Lipinski definition) is 2. The summed E-state index contributed by atoms with van der Waals surface area (Å²) in [6, 6.07) is 15.9. The summed E-state index contributed by atoms with van der Waals surface area (Å²) in [5.41, 5.74) is 4.36. The van der Waals surface area contributed by atoms with Crippen LogP contribution in [0.5, 0.6) is 5.75 Å². The number of fused-ring (bicyclic) bond motifs is 2. The molecule has 10 nitrogen and oxygen atoms in total. The van der Waals surface area contributed by atoms with E-state index in [0.717, 1.165) is 68.2 Å². The van der Waals surface area contributed by atoms with Gasteiger partial charge in [0.05, 0.1) is 41.1 Å². The molecule has 2 fully saturated rings. The van der Waals surface area contributed by atoms with Crippen LogP contribution in [-0.2, 0) is 0 Å². The van der Waals surface area contributed by atoms with Crippen LogP contribution in [0.2, 0.25) is 0 Å². The SMILES string of the molecule is CCOc1cc(C(=O)N2CC[C@H](NC3CCN(C)CC3)C2)ccc1Nc1cc2c(cn1)N(C)C(=O)c1ccccc1N2C. The van der Waals surface area contributed by atoms with Crippen molar-refractivity contribution >= 4 is 40.4 Å². The molecule has 0 spiro atoms. The molecular weight excluding hydrogens is 542 g/mol. The third-order valence-electron chi connectivity index (χ3n) is 8.84. The van der Waals surface area contributed by atoms with Crippen LogP contribution >= 0.6 is 0 Å². The number of likely N-dealkylation sites (tertiary alicyclic amines) is 2. The molecule has 43 heavy (non-hydrogen) atoms. The van der Waals surface area contributed by atoms with E-state index in [2.05, 4.69) is 27.6 Å². The molecule has 0 unspecified atom stereocenters. The van der Waals surface area contributed by atoms with E-state index < -0.39 is 0 Å². The maximum Gasteiger partial charge on any atom is 0.260 e. The van der Waals surface area contributed by atoms with Crippen LogP contribution < -0.4 is 25.2 Å². The van der Waals surface area contributed by atoms with E-state index in [1.165, 1.54) is 0 Å². The van der Waals surface area contributed by atoms with Crippen molar-refractivity contribution in [2.45, 2.75) is 38.3 Å². The van der Waals surface area contributed by atoms with Crippen molar-refractivity contribution in [1.82, 2.24) is 20.1 Å². The highest BCUT2D eigenvalue weighted by atomic mass is 16.5. The Kier molecular flexibility index (Phi) is 8.23. The van der Waals surface area contributed by atoms with Gasteiger partial charge in [-0.15, -0.1) is 0 Å². The first-order valence-electron chi connectivity index (χ1n) is 15.2. The van der Waals surface area contributed by atoms with Crippen LogP contribution in [0.25, 0.3) is 0 Å². The molecule has 1 atom stereocenters. The molecule has 2 amide bonds. The van der Waals surface area contributed by atoms with Crippen molar-refractivity contribution in [1.29, 1.82) is 0 Å². The van der Waals surface area contributed by atoms with E-state index in [0.29, 0.717) is 41.4 Å². The number of piperidine rings is 1. The second-order valence-corrected chi connectivity index (χ2v) is 11.7. The number of anilines is 5. The second-order valence-electron chi connectivity index (χ2n) is 11.7. The summed E-state index contributed by atoms with van der Waals surface area (Å²) in [7, 11) is 5.89. The molecule has 3 aromatic rings. The van der Waals surface area contributed by atoms with Crippen molar-refractivity contribution in [2.24, 2.45) is 0 Å². The normalized spacial score (nSPS) is 19.2. The smallest absolute Gasteiger partial charge is 0.260 e. The average Bonchev–Trinajstić information content (AvgIpc) is 3.47. The van der Waals surface area contributed by atoms with Crippen LogP contribution in [0.1, 0.15) is 46.9 Å². The summed E-state index contributed by atoms with van der Waals surface area (Å²) in [5, 5.41) is 7.18. The van der Waals surface area contributed by atoms with E-state index in [4.69, 9.17) is 4.74 Å². The molecule has 10 heteroatoms. The van der Waals surface area contributed by atoms with E-state index in [1.54, 1.807) is 18.1 Å². The molecule has 3 aliphatic rings. The lowest BCUT2D eigenvalue weighted by molar-refractivity contribution is 0.0787. The van der Waals surface area contributed by atoms with Gasteiger partial charge in [-0.3, -0.25) is 9.59 Å². The van der Waals surface area contributed by atoms with E-state index in [9.17, 15) is 9.59 Å². The Bertz CT molecular complexity index is 1500. The Labute approximate surface area is 253 Å². The third kappa shape index (κ3) is 5.89. The quantitative estimate of drug-likeness (QED) is 0.421. The third-order valence-corrected chi connectivity index (χ3v) is 8.84. The number of ether oxygens (including phenoxy) is 1. The molecular formula is C33H41N7O3. The van der Waals surface area contributed by atoms with Gasteiger partial charge in [-0.05, 0) is 76.7 Å². The van der Waals surface area contributed by atoms with E-state index in [1.807, 2.05) is 72.3 Å². The number of amides is 2. The fraction of sp³-hybridized carbons (Fsp3) is 0.424. The van der Waals surface area contributed by atoms with Crippen LogP contribution in [0, 0.1) is 0 Å². The Morgan fingerprint density at radius 3 is 2.49 bits per heavy atom. The van der Waals surface area contributed by atoms with Gasteiger partial charge in [0.1, 0.15) is 11.6 Å². The Balaban J connectivity index is 1.18. The van der Waals surface area contributed by atoms with Crippen molar-refractivity contribution in [3.63, 3.8) is 0 Å². The molecule has 0 radical (unpaired) electrons. The van der Waals surface area contributed by atoms with Crippen LogP contribution in [0.3, 0.4) is 0 Å². The highest BCUT2D eigenvalue weighted by Gasteiger charge is 2.30. The minimum Gasteiger partial charge on any atom is -0.492 e. The maximum absolute atomic E-state index is 13.5. The second kappa shape index (κ2) is 12.2. The highest BCUT2D eigenvalue weighted by molar-refractivity contribution is 6.13. The van der Waals surface area contributed by atoms with Crippen molar-refractivity contribution in [3.05, 3.63) is 65.9 Å². The summed E-state index contributed by atoms with van der Waals surface area (Å²) in [4.78, 5) is 39.2. The molecule has 2 aromatic carbocycles. The number of benzene rings is 2. The van der Waals surface area contributed by atoms with E-state index >= 15 is 0 Å². The summed E-state index contributed by atoms with van der Waals surface area (Å²) >= 11 is 0. The Hall–Kier alpha value is -4.15. The molecule has 0 aliphatic carbocycles. The first-order chi connectivity index (χ1) is 20.8. The lowest BCUT2D eigenvalue weighted by atomic mass is 10.0. The number of carbonyl (C=O) groups excluding carboxylic acids is 2. The number of nitrogens with zero attached hydrogens (tertiary/aromatic N) is 5. The minimum atomic E-state index is -0.0791. The van der Waals surface area contributed by atoms with Crippen LogP contribution in [0.4, 0.5) is 28.6 Å². The number of para-hydroxylation sites is 1. The number of hydrogen-bond acceptors (Lipinski definition) is 8.